The minimum absolute atomic E-state index is 0.702. The average molecular weight is 237 g/mol. The van der Waals surface area contributed by atoms with E-state index in [1.807, 2.05) is 0 Å². The standard InChI is InChI=1S/C11H19N5O/c1-2-6-16(5-1)11-14-13-10(17-11)9-15-7-3-12-4-8-15/h12H,1-9H2. The number of rotatable bonds is 3. The Morgan fingerprint density at radius 1 is 1.06 bits per heavy atom. The van der Waals surface area contributed by atoms with E-state index in [1.165, 1.54) is 12.8 Å². The van der Waals surface area contributed by atoms with Crippen LogP contribution in [0.1, 0.15) is 18.7 Å². The Labute approximate surface area is 101 Å². The summed E-state index contributed by atoms with van der Waals surface area (Å²) in [5.74, 6) is 0.744. The highest BCUT2D eigenvalue weighted by molar-refractivity contribution is 5.25. The molecule has 0 spiro atoms. The second kappa shape index (κ2) is 5.01. The van der Waals surface area contributed by atoms with Crippen LogP contribution in [0, 0.1) is 0 Å². The predicted octanol–water partition coefficient (Wildman–Crippen LogP) is 0.0750. The lowest BCUT2D eigenvalue weighted by atomic mass is 10.3. The summed E-state index contributed by atoms with van der Waals surface area (Å²) in [5.41, 5.74) is 0. The summed E-state index contributed by atoms with van der Waals surface area (Å²) in [4.78, 5) is 4.52. The molecule has 0 unspecified atom stereocenters. The monoisotopic (exact) mass is 237 g/mol. The number of anilines is 1. The normalized spacial score (nSPS) is 22.2. The maximum atomic E-state index is 5.71. The molecule has 2 aliphatic heterocycles. The van der Waals surface area contributed by atoms with Gasteiger partial charge in [-0.25, -0.2) is 0 Å². The SMILES string of the molecule is C1CCN(c2nnc(CN3CCNCC3)o2)C1. The van der Waals surface area contributed by atoms with Gasteiger partial charge in [0.05, 0.1) is 6.54 Å². The van der Waals surface area contributed by atoms with Crippen molar-refractivity contribution in [2.45, 2.75) is 19.4 Å². The Bertz CT molecular complexity index is 354. The molecule has 17 heavy (non-hydrogen) atoms. The Hall–Kier alpha value is -1.14. The molecule has 3 rings (SSSR count). The summed E-state index contributed by atoms with van der Waals surface area (Å²) in [5, 5.41) is 11.6. The highest BCUT2D eigenvalue weighted by atomic mass is 16.4. The first-order valence-corrected chi connectivity index (χ1v) is 6.42. The summed E-state index contributed by atoms with van der Waals surface area (Å²) in [6, 6.07) is 0.702. The largest absolute Gasteiger partial charge is 0.407 e. The molecule has 0 amide bonds. The van der Waals surface area contributed by atoms with Crippen LogP contribution in [0.2, 0.25) is 0 Å². The first kappa shape index (κ1) is 11.0. The number of nitrogens with one attached hydrogen (secondary N) is 1. The molecule has 0 aromatic carbocycles. The second-order valence-corrected chi connectivity index (χ2v) is 4.70. The van der Waals surface area contributed by atoms with Crippen LogP contribution in [0.3, 0.4) is 0 Å². The topological polar surface area (TPSA) is 57.4 Å². The van der Waals surface area contributed by atoms with E-state index in [0.717, 1.165) is 51.7 Å². The van der Waals surface area contributed by atoms with Crippen LogP contribution >= 0.6 is 0 Å². The quantitative estimate of drug-likeness (QED) is 0.803. The molecule has 0 bridgehead atoms. The van der Waals surface area contributed by atoms with Crippen molar-refractivity contribution >= 4 is 6.01 Å². The molecular formula is C11H19N5O. The molecule has 2 aliphatic rings. The molecule has 1 N–H and O–H groups in total. The molecule has 0 aliphatic carbocycles. The Balaban J connectivity index is 1.59. The van der Waals surface area contributed by atoms with Crippen molar-refractivity contribution in [3.8, 4) is 0 Å². The maximum Gasteiger partial charge on any atom is 0.318 e. The third kappa shape index (κ3) is 2.58. The minimum atomic E-state index is 0.702. The van der Waals surface area contributed by atoms with Gasteiger partial charge in [-0.3, -0.25) is 4.90 Å². The van der Waals surface area contributed by atoms with E-state index in [-0.39, 0.29) is 0 Å². The lowest BCUT2D eigenvalue weighted by Gasteiger charge is -2.25. The number of piperazine rings is 1. The fourth-order valence-corrected chi connectivity index (χ4v) is 2.41. The van der Waals surface area contributed by atoms with E-state index in [2.05, 4.69) is 25.3 Å². The molecule has 3 heterocycles. The van der Waals surface area contributed by atoms with Crippen LogP contribution in [0.25, 0.3) is 0 Å². The van der Waals surface area contributed by atoms with Gasteiger partial charge >= 0.3 is 6.01 Å². The van der Waals surface area contributed by atoms with Crippen molar-refractivity contribution in [3.63, 3.8) is 0 Å². The molecule has 2 fully saturated rings. The van der Waals surface area contributed by atoms with Crippen LogP contribution in [-0.2, 0) is 6.54 Å². The zero-order valence-electron chi connectivity index (χ0n) is 10.1. The average Bonchev–Trinajstić information content (AvgIpc) is 3.00. The summed E-state index contributed by atoms with van der Waals surface area (Å²) >= 11 is 0. The lowest BCUT2D eigenvalue weighted by molar-refractivity contribution is 0.212. The van der Waals surface area contributed by atoms with Crippen LogP contribution in [0.5, 0.6) is 0 Å². The van der Waals surface area contributed by atoms with E-state index in [1.54, 1.807) is 0 Å². The van der Waals surface area contributed by atoms with Crippen molar-refractivity contribution < 1.29 is 4.42 Å². The number of hydrogen-bond acceptors (Lipinski definition) is 6. The molecule has 1 aromatic heterocycles. The third-order valence-corrected chi connectivity index (χ3v) is 3.40. The molecule has 6 nitrogen and oxygen atoms in total. The highest BCUT2D eigenvalue weighted by Gasteiger charge is 2.19. The summed E-state index contributed by atoms with van der Waals surface area (Å²) in [7, 11) is 0. The predicted molar refractivity (Wildman–Crippen MR) is 63.9 cm³/mol. The van der Waals surface area contributed by atoms with Crippen LogP contribution in [-0.4, -0.2) is 54.4 Å². The molecule has 0 atom stereocenters. The Kier molecular flexibility index (Phi) is 3.24. The summed E-state index contributed by atoms with van der Waals surface area (Å²) < 4.78 is 5.71. The zero-order chi connectivity index (χ0) is 11.5. The second-order valence-electron chi connectivity index (χ2n) is 4.70. The van der Waals surface area contributed by atoms with Gasteiger partial charge in [-0.1, -0.05) is 5.10 Å². The third-order valence-electron chi connectivity index (χ3n) is 3.40. The Morgan fingerprint density at radius 2 is 1.82 bits per heavy atom. The van der Waals surface area contributed by atoms with Crippen molar-refractivity contribution in [2.24, 2.45) is 0 Å². The molecule has 94 valence electrons. The molecule has 0 radical (unpaired) electrons. The van der Waals surface area contributed by atoms with Gasteiger partial charge in [-0.2, -0.15) is 0 Å². The van der Waals surface area contributed by atoms with Crippen LogP contribution in [0.4, 0.5) is 6.01 Å². The number of nitrogens with zero attached hydrogens (tertiary/aromatic N) is 4. The van der Waals surface area contributed by atoms with Crippen molar-refractivity contribution in [1.29, 1.82) is 0 Å². The van der Waals surface area contributed by atoms with Gasteiger partial charge in [-0.15, -0.1) is 5.10 Å². The highest BCUT2D eigenvalue weighted by Crippen LogP contribution is 2.18. The van der Waals surface area contributed by atoms with E-state index < -0.39 is 0 Å². The van der Waals surface area contributed by atoms with E-state index in [4.69, 9.17) is 4.42 Å². The first-order valence-electron chi connectivity index (χ1n) is 6.42. The van der Waals surface area contributed by atoms with Crippen LogP contribution in [0.15, 0.2) is 4.42 Å². The van der Waals surface area contributed by atoms with E-state index in [0.29, 0.717) is 6.01 Å². The smallest absolute Gasteiger partial charge is 0.318 e. The number of aromatic nitrogens is 2. The first-order chi connectivity index (χ1) is 8.42. The van der Waals surface area contributed by atoms with Gasteiger partial charge in [0.1, 0.15) is 0 Å². The summed E-state index contributed by atoms with van der Waals surface area (Å²) in [6.45, 7) is 7.09. The Morgan fingerprint density at radius 3 is 2.59 bits per heavy atom. The van der Waals surface area contributed by atoms with Gasteiger partial charge < -0.3 is 14.6 Å². The molecule has 1 aromatic rings. The fraction of sp³-hybridized carbons (Fsp3) is 0.818. The van der Waals surface area contributed by atoms with Crippen molar-refractivity contribution in [1.82, 2.24) is 20.4 Å². The number of hydrogen-bond donors (Lipinski definition) is 1. The van der Waals surface area contributed by atoms with Crippen LogP contribution < -0.4 is 10.2 Å². The van der Waals surface area contributed by atoms with Crippen molar-refractivity contribution in [2.75, 3.05) is 44.2 Å². The zero-order valence-corrected chi connectivity index (χ0v) is 10.1. The lowest BCUT2D eigenvalue weighted by Crippen LogP contribution is -2.42. The summed E-state index contributed by atoms with van der Waals surface area (Å²) in [6.07, 6.45) is 2.46. The fourth-order valence-electron chi connectivity index (χ4n) is 2.41. The van der Waals surface area contributed by atoms with Gasteiger partial charge in [0, 0.05) is 39.3 Å². The van der Waals surface area contributed by atoms with Gasteiger partial charge in [0.25, 0.3) is 0 Å². The van der Waals surface area contributed by atoms with Gasteiger partial charge in [0.15, 0.2) is 0 Å². The molecule has 0 saturated carbocycles. The molecule has 6 heteroatoms. The maximum absolute atomic E-state index is 5.71. The van der Waals surface area contributed by atoms with Gasteiger partial charge in [-0.05, 0) is 12.8 Å². The van der Waals surface area contributed by atoms with E-state index in [9.17, 15) is 0 Å². The van der Waals surface area contributed by atoms with Crippen molar-refractivity contribution in [3.05, 3.63) is 5.89 Å². The van der Waals surface area contributed by atoms with E-state index >= 15 is 0 Å². The molecule has 2 saturated heterocycles. The molecular weight excluding hydrogens is 218 g/mol. The minimum Gasteiger partial charge on any atom is -0.407 e. The van der Waals surface area contributed by atoms with Gasteiger partial charge in [0.2, 0.25) is 5.89 Å².